The van der Waals surface area contributed by atoms with Crippen molar-refractivity contribution < 1.29 is 10.2 Å². The van der Waals surface area contributed by atoms with Crippen LogP contribution in [0.4, 0.5) is 0 Å². The average molecular weight is 403 g/mol. The molecule has 0 bridgehead atoms. The molecule has 0 radical (unpaired) electrons. The van der Waals surface area contributed by atoms with E-state index in [2.05, 4.69) is 26.8 Å². The minimum Gasteiger partial charge on any atom is -0.393 e. The van der Waals surface area contributed by atoms with Crippen LogP contribution >= 0.6 is 0 Å². The first-order valence-electron chi connectivity index (χ1n) is 12.6. The van der Waals surface area contributed by atoms with Crippen molar-refractivity contribution in [3.05, 3.63) is 11.6 Å². The van der Waals surface area contributed by atoms with E-state index in [1.807, 2.05) is 13.8 Å². The van der Waals surface area contributed by atoms with Gasteiger partial charge in [0.1, 0.15) is 0 Å². The monoisotopic (exact) mass is 402 g/mol. The number of allylic oxidation sites excluding steroid dienone is 1. The molecule has 4 rings (SSSR count). The quantitative estimate of drug-likeness (QED) is 0.515. The van der Waals surface area contributed by atoms with Crippen molar-refractivity contribution in [1.82, 2.24) is 0 Å². The van der Waals surface area contributed by atoms with Crippen molar-refractivity contribution in [2.75, 3.05) is 0 Å². The summed E-state index contributed by atoms with van der Waals surface area (Å²) >= 11 is 0. The van der Waals surface area contributed by atoms with E-state index in [1.54, 1.807) is 5.57 Å². The number of aliphatic hydroxyl groups is 2. The smallest absolute Gasteiger partial charge is 0.0591 e. The molecule has 2 nitrogen and oxygen atoms in total. The van der Waals surface area contributed by atoms with Gasteiger partial charge < -0.3 is 10.2 Å². The molecule has 0 heterocycles. The molecule has 8 atom stereocenters. The molecule has 0 unspecified atom stereocenters. The lowest BCUT2D eigenvalue weighted by Crippen LogP contribution is -2.50. The second kappa shape index (κ2) is 7.66. The van der Waals surface area contributed by atoms with E-state index >= 15 is 0 Å². The zero-order valence-corrected chi connectivity index (χ0v) is 19.7. The molecule has 0 amide bonds. The van der Waals surface area contributed by atoms with Gasteiger partial charge in [-0.3, -0.25) is 0 Å². The predicted molar refractivity (Wildman–Crippen MR) is 121 cm³/mol. The van der Waals surface area contributed by atoms with Gasteiger partial charge >= 0.3 is 0 Å². The van der Waals surface area contributed by atoms with Crippen LogP contribution in [-0.2, 0) is 0 Å². The fourth-order valence-corrected chi connectivity index (χ4v) is 8.67. The SMILES string of the molecule is C[C@H](CCCC(C)(C)O)[C@@H]1CC[C@@H]2[C@@H]3CC=C4C[C@@H](O)CC[C@]4(C)[C@@H]3CC[C@@]21C. The van der Waals surface area contributed by atoms with Crippen LogP contribution in [0.25, 0.3) is 0 Å². The van der Waals surface area contributed by atoms with E-state index in [4.69, 9.17) is 0 Å². The van der Waals surface area contributed by atoms with Gasteiger partial charge in [0.2, 0.25) is 0 Å². The van der Waals surface area contributed by atoms with Crippen LogP contribution in [0.15, 0.2) is 11.6 Å². The van der Waals surface area contributed by atoms with Crippen LogP contribution in [0.3, 0.4) is 0 Å². The van der Waals surface area contributed by atoms with E-state index in [0.717, 1.165) is 55.3 Å². The standard InChI is InChI=1S/C27H46O2/c1-18(7-6-14-25(2,3)29)22-10-11-23-21-9-8-19-17-20(28)12-15-26(19,4)24(21)13-16-27(22,23)5/h8,18,20-24,28-29H,6-7,9-17H2,1-5H3/t18-,20+,21+,22+,23-,24-,26+,27-/m1/s1. The summed E-state index contributed by atoms with van der Waals surface area (Å²) in [7, 11) is 0. The number of aliphatic hydroxyl groups excluding tert-OH is 1. The molecule has 4 aliphatic rings. The van der Waals surface area contributed by atoms with Crippen molar-refractivity contribution in [2.24, 2.45) is 40.4 Å². The third kappa shape index (κ3) is 3.86. The van der Waals surface area contributed by atoms with E-state index < -0.39 is 5.60 Å². The lowest BCUT2D eigenvalue weighted by Gasteiger charge is -2.58. The lowest BCUT2D eigenvalue weighted by molar-refractivity contribution is -0.0575. The molecule has 0 saturated heterocycles. The molecule has 0 aromatic rings. The Balaban J connectivity index is 1.47. The molecule has 0 aliphatic heterocycles. The van der Waals surface area contributed by atoms with Crippen LogP contribution in [0.1, 0.15) is 105 Å². The third-order valence-electron chi connectivity index (χ3n) is 10.3. The fourth-order valence-electron chi connectivity index (χ4n) is 8.67. The van der Waals surface area contributed by atoms with Crippen molar-refractivity contribution >= 4 is 0 Å². The Bertz CT molecular complexity index is 631. The number of fused-ring (bicyclic) bond motifs is 5. The van der Waals surface area contributed by atoms with E-state index in [0.29, 0.717) is 10.8 Å². The zero-order valence-electron chi connectivity index (χ0n) is 19.7. The summed E-state index contributed by atoms with van der Waals surface area (Å²) in [6, 6.07) is 0. The van der Waals surface area contributed by atoms with Gasteiger partial charge in [-0.1, -0.05) is 45.3 Å². The molecular formula is C27H46O2. The van der Waals surface area contributed by atoms with Crippen LogP contribution in [0.5, 0.6) is 0 Å². The zero-order chi connectivity index (χ0) is 21.0. The molecule has 2 heteroatoms. The van der Waals surface area contributed by atoms with Crippen molar-refractivity contribution in [3.8, 4) is 0 Å². The molecule has 2 N–H and O–H groups in total. The summed E-state index contributed by atoms with van der Waals surface area (Å²) in [4.78, 5) is 0. The highest BCUT2D eigenvalue weighted by atomic mass is 16.3. The number of hydrogen-bond donors (Lipinski definition) is 2. The van der Waals surface area contributed by atoms with Crippen LogP contribution < -0.4 is 0 Å². The normalized spacial score (nSPS) is 45.8. The molecule has 0 spiro atoms. The van der Waals surface area contributed by atoms with E-state index in [1.165, 1.54) is 44.9 Å². The Kier molecular flexibility index (Phi) is 5.78. The Labute approximate surface area is 179 Å². The van der Waals surface area contributed by atoms with Crippen molar-refractivity contribution in [3.63, 3.8) is 0 Å². The highest BCUT2D eigenvalue weighted by Crippen LogP contribution is 2.67. The van der Waals surface area contributed by atoms with E-state index in [9.17, 15) is 10.2 Å². The summed E-state index contributed by atoms with van der Waals surface area (Å²) in [5.41, 5.74) is 1.95. The highest BCUT2D eigenvalue weighted by Gasteiger charge is 2.59. The Hall–Kier alpha value is -0.340. The second-order valence-electron chi connectivity index (χ2n) is 12.6. The largest absolute Gasteiger partial charge is 0.393 e. The average Bonchev–Trinajstić information content (AvgIpc) is 2.98. The lowest BCUT2D eigenvalue weighted by atomic mass is 9.47. The molecule has 3 saturated carbocycles. The molecule has 0 aromatic carbocycles. The molecule has 4 aliphatic carbocycles. The van der Waals surface area contributed by atoms with Gasteiger partial charge in [-0.2, -0.15) is 0 Å². The molecule has 29 heavy (non-hydrogen) atoms. The minimum absolute atomic E-state index is 0.0969. The minimum atomic E-state index is -0.519. The van der Waals surface area contributed by atoms with Crippen LogP contribution in [0, 0.1) is 40.4 Å². The Morgan fingerprint density at radius 2 is 1.86 bits per heavy atom. The number of hydrogen-bond acceptors (Lipinski definition) is 2. The Morgan fingerprint density at radius 1 is 1.10 bits per heavy atom. The first-order chi connectivity index (χ1) is 13.5. The first kappa shape index (κ1) is 21.9. The first-order valence-corrected chi connectivity index (χ1v) is 12.6. The maximum atomic E-state index is 10.2. The summed E-state index contributed by atoms with van der Waals surface area (Å²) in [6.45, 7) is 11.6. The highest BCUT2D eigenvalue weighted by molar-refractivity contribution is 5.25. The van der Waals surface area contributed by atoms with Gasteiger partial charge in [0, 0.05) is 0 Å². The second-order valence-corrected chi connectivity index (χ2v) is 12.6. The van der Waals surface area contributed by atoms with Gasteiger partial charge in [-0.05, 0) is 112 Å². The van der Waals surface area contributed by atoms with Gasteiger partial charge in [0.05, 0.1) is 11.7 Å². The summed E-state index contributed by atoms with van der Waals surface area (Å²) < 4.78 is 0. The molecule has 0 aromatic heterocycles. The van der Waals surface area contributed by atoms with Crippen molar-refractivity contribution in [2.45, 2.75) is 117 Å². The van der Waals surface area contributed by atoms with Gasteiger partial charge in [-0.15, -0.1) is 0 Å². The molecule has 3 fully saturated rings. The van der Waals surface area contributed by atoms with Gasteiger partial charge in [0.25, 0.3) is 0 Å². The van der Waals surface area contributed by atoms with E-state index in [-0.39, 0.29) is 6.10 Å². The molecular weight excluding hydrogens is 356 g/mol. The summed E-state index contributed by atoms with van der Waals surface area (Å²) in [5, 5.41) is 20.3. The van der Waals surface area contributed by atoms with Gasteiger partial charge in [-0.25, -0.2) is 0 Å². The van der Waals surface area contributed by atoms with Crippen LogP contribution in [0.2, 0.25) is 0 Å². The third-order valence-corrected chi connectivity index (χ3v) is 10.3. The van der Waals surface area contributed by atoms with Gasteiger partial charge in [0.15, 0.2) is 0 Å². The summed E-state index contributed by atoms with van der Waals surface area (Å²) in [6.07, 6.45) is 15.9. The number of rotatable bonds is 5. The topological polar surface area (TPSA) is 40.5 Å². The maximum absolute atomic E-state index is 10.2. The summed E-state index contributed by atoms with van der Waals surface area (Å²) in [5.74, 6) is 4.24. The molecule has 166 valence electrons. The fraction of sp³-hybridized carbons (Fsp3) is 0.926. The predicted octanol–water partition coefficient (Wildman–Crippen LogP) is 6.50. The van der Waals surface area contributed by atoms with Crippen molar-refractivity contribution in [1.29, 1.82) is 0 Å². The Morgan fingerprint density at radius 3 is 2.59 bits per heavy atom. The van der Waals surface area contributed by atoms with Crippen LogP contribution in [-0.4, -0.2) is 21.9 Å². The maximum Gasteiger partial charge on any atom is 0.0591 e.